The second kappa shape index (κ2) is 10.2. The van der Waals surface area contributed by atoms with Gasteiger partial charge in [0.2, 0.25) is 0 Å². The zero-order valence-electron chi connectivity index (χ0n) is 20.5. The third-order valence-corrected chi connectivity index (χ3v) is 6.58. The SMILES string of the molecule is Cc1ccc(C(=O)Nc2ccc(CN3CCN(C)CC3)c(O)c2)cc1C#Cc1cnc2ccccn12. The van der Waals surface area contributed by atoms with Crippen molar-refractivity contribution in [2.45, 2.75) is 13.5 Å². The van der Waals surface area contributed by atoms with E-state index >= 15 is 0 Å². The Bertz CT molecular complexity index is 1470. The Balaban J connectivity index is 1.29. The molecule has 2 N–H and O–H groups in total. The number of nitrogens with one attached hydrogen (secondary N) is 1. The van der Waals surface area contributed by atoms with Crippen molar-refractivity contribution in [3.05, 3.63) is 94.9 Å². The van der Waals surface area contributed by atoms with Crippen LogP contribution in [0.15, 0.2) is 67.0 Å². The van der Waals surface area contributed by atoms with Gasteiger partial charge in [0, 0.05) is 67.4 Å². The number of phenolic OH excluding ortho intramolecular Hbond substituents is 1. The monoisotopic (exact) mass is 479 g/mol. The molecule has 1 saturated heterocycles. The number of likely N-dealkylation sites (N-methyl/N-ethyl adjacent to an activating group) is 1. The number of piperazine rings is 1. The molecular weight excluding hydrogens is 450 g/mol. The molecule has 1 amide bonds. The maximum absolute atomic E-state index is 13.0. The van der Waals surface area contributed by atoms with E-state index in [0.717, 1.165) is 54.2 Å². The number of anilines is 1. The van der Waals surface area contributed by atoms with Gasteiger partial charge in [-0.05, 0) is 55.8 Å². The molecule has 0 unspecified atom stereocenters. The van der Waals surface area contributed by atoms with Gasteiger partial charge in [0.25, 0.3) is 5.91 Å². The van der Waals surface area contributed by atoms with Crippen LogP contribution in [0, 0.1) is 18.8 Å². The number of nitrogens with zero attached hydrogens (tertiary/aromatic N) is 4. The van der Waals surface area contributed by atoms with E-state index in [4.69, 9.17) is 0 Å². The topological polar surface area (TPSA) is 73.1 Å². The Kier molecular flexibility index (Phi) is 6.72. The van der Waals surface area contributed by atoms with Crippen LogP contribution in [-0.2, 0) is 6.54 Å². The van der Waals surface area contributed by atoms with Crippen molar-refractivity contribution < 1.29 is 9.90 Å². The number of carbonyl (C=O) groups excluding carboxylic acids is 1. The van der Waals surface area contributed by atoms with Crippen LogP contribution in [0.1, 0.15) is 32.7 Å². The molecule has 1 fully saturated rings. The summed E-state index contributed by atoms with van der Waals surface area (Å²) in [5.74, 6) is 6.29. The Hall–Kier alpha value is -4.12. The minimum Gasteiger partial charge on any atom is -0.508 e. The van der Waals surface area contributed by atoms with Crippen LogP contribution < -0.4 is 5.32 Å². The molecule has 5 rings (SSSR count). The Morgan fingerprint density at radius 3 is 2.69 bits per heavy atom. The summed E-state index contributed by atoms with van der Waals surface area (Å²) in [7, 11) is 2.12. The Morgan fingerprint density at radius 1 is 1.06 bits per heavy atom. The number of carbonyl (C=O) groups is 1. The highest BCUT2D eigenvalue weighted by Gasteiger charge is 2.16. The molecule has 7 nitrogen and oxygen atoms in total. The van der Waals surface area contributed by atoms with Crippen molar-refractivity contribution in [3.8, 4) is 17.6 Å². The van der Waals surface area contributed by atoms with Crippen LogP contribution in [0.4, 0.5) is 5.69 Å². The van der Waals surface area contributed by atoms with Gasteiger partial charge in [0.15, 0.2) is 0 Å². The number of amides is 1. The summed E-state index contributed by atoms with van der Waals surface area (Å²) in [5, 5.41) is 13.5. The number of phenols is 1. The lowest BCUT2D eigenvalue weighted by atomic mass is 10.0. The molecule has 3 heterocycles. The fraction of sp³-hybridized carbons (Fsp3) is 0.241. The van der Waals surface area contributed by atoms with Gasteiger partial charge in [-0.2, -0.15) is 0 Å². The number of fused-ring (bicyclic) bond motifs is 1. The molecule has 7 heteroatoms. The van der Waals surface area contributed by atoms with Crippen LogP contribution in [0.5, 0.6) is 5.75 Å². The smallest absolute Gasteiger partial charge is 0.255 e. The quantitative estimate of drug-likeness (QED) is 0.436. The lowest BCUT2D eigenvalue weighted by Gasteiger charge is -2.32. The molecule has 1 aliphatic heterocycles. The number of pyridine rings is 1. The molecule has 0 radical (unpaired) electrons. The Labute approximate surface area is 211 Å². The largest absolute Gasteiger partial charge is 0.508 e. The van der Waals surface area contributed by atoms with Crippen LogP contribution in [0.2, 0.25) is 0 Å². The molecule has 1 aliphatic rings. The lowest BCUT2D eigenvalue weighted by molar-refractivity contribution is 0.102. The maximum atomic E-state index is 13.0. The van der Waals surface area contributed by atoms with Crippen molar-refractivity contribution in [1.29, 1.82) is 0 Å². The highest BCUT2D eigenvalue weighted by Crippen LogP contribution is 2.24. The van der Waals surface area contributed by atoms with Crippen molar-refractivity contribution >= 4 is 17.2 Å². The van der Waals surface area contributed by atoms with E-state index in [1.165, 1.54) is 0 Å². The zero-order chi connectivity index (χ0) is 25.1. The first-order valence-corrected chi connectivity index (χ1v) is 12.1. The number of imidazole rings is 1. The first-order chi connectivity index (χ1) is 17.5. The van der Waals surface area contributed by atoms with Gasteiger partial charge < -0.3 is 15.3 Å². The molecule has 0 saturated carbocycles. The summed E-state index contributed by atoms with van der Waals surface area (Å²) in [5.41, 5.74) is 5.30. The zero-order valence-corrected chi connectivity index (χ0v) is 20.5. The third-order valence-electron chi connectivity index (χ3n) is 6.58. The predicted octanol–water partition coefficient (Wildman–Crippen LogP) is 3.75. The molecule has 4 aromatic rings. The van der Waals surface area contributed by atoms with E-state index in [1.807, 2.05) is 53.9 Å². The fourth-order valence-corrected chi connectivity index (χ4v) is 4.28. The number of aromatic nitrogens is 2. The van der Waals surface area contributed by atoms with Crippen molar-refractivity contribution in [3.63, 3.8) is 0 Å². The lowest BCUT2D eigenvalue weighted by Crippen LogP contribution is -2.43. The van der Waals surface area contributed by atoms with Crippen LogP contribution in [-0.4, -0.2) is 63.4 Å². The second-order valence-corrected chi connectivity index (χ2v) is 9.23. The molecule has 2 aromatic carbocycles. The molecule has 0 aliphatic carbocycles. The highest BCUT2D eigenvalue weighted by atomic mass is 16.3. The van der Waals surface area contributed by atoms with E-state index < -0.39 is 0 Å². The number of benzene rings is 2. The van der Waals surface area contributed by atoms with E-state index in [0.29, 0.717) is 17.8 Å². The average molecular weight is 480 g/mol. The van der Waals surface area contributed by atoms with Crippen molar-refractivity contribution in [2.24, 2.45) is 0 Å². The van der Waals surface area contributed by atoms with Crippen molar-refractivity contribution in [1.82, 2.24) is 19.2 Å². The average Bonchev–Trinajstić information content (AvgIpc) is 3.29. The maximum Gasteiger partial charge on any atom is 0.255 e. The number of hydrogen-bond acceptors (Lipinski definition) is 5. The van der Waals surface area contributed by atoms with E-state index in [1.54, 1.807) is 24.4 Å². The summed E-state index contributed by atoms with van der Waals surface area (Å²) in [6.45, 7) is 6.67. The van der Waals surface area contributed by atoms with Crippen LogP contribution >= 0.6 is 0 Å². The van der Waals surface area contributed by atoms with Gasteiger partial charge in [-0.15, -0.1) is 0 Å². The number of aromatic hydroxyl groups is 1. The minimum absolute atomic E-state index is 0.190. The highest BCUT2D eigenvalue weighted by molar-refractivity contribution is 6.04. The molecule has 36 heavy (non-hydrogen) atoms. The summed E-state index contributed by atoms with van der Waals surface area (Å²) in [6, 6.07) is 16.6. The van der Waals surface area contributed by atoms with E-state index in [-0.39, 0.29) is 11.7 Å². The molecular formula is C29H29N5O2. The predicted molar refractivity (Wildman–Crippen MR) is 141 cm³/mol. The van der Waals surface area contributed by atoms with E-state index in [9.17, 15) is 9.90 Å². The minimum atomic E-state index is -0.251. The summed E-state index contributed by atoms with van der Waals surface area (Å²) < 4.78 is 1.93. The molecule has 0 bridgehead atoms. The van der Waals surface area contributed by atoms with Crippen LogP contribution in [0.25, 0.3) is 5.65 Å². The van der Waals surface area contributed by atoms with E-state index in [2.05, 4.69) is 39.0 Å². The van der Waals surface area contributed by atoms with Crippen LogP contribution in [0.3, 0.4) is 0 Å². The number of hydrogen-bond donors (Lipinski definition) is 2. The van der Waals surface area contributed by atoms with Gasteiger partial charge >= 0.3 is 0 Å². The Morgan fingerprint density at radius 2 is 1.89 bits per heavy atom. The molecule has 0 spiro atoms. The first kappa shape index (κ1) is 23.6. The fourth-order valence-electron chi connectivity index (χ4n) is 4.28. The van der Waals surface area contributed by atoms with Gasteiger partial charge in [0.1, 0.15) is 17.1 Å². The number of aryl methyl sites for hydroxylation is 1. The van der Waals surface area contributed by atoms with Gasteiger partial charge in [-0.3, -0.25) is 14.1 Å². The summed E-state index contributed by atoms with van der Waals surface area (Å²) >= 11 is 0. The van der Waals surface area contributed by atoms with Gasteiger partial charge in [-0.25, -0.2) is 4.98 Å². The molecule has 0 atom stereocenters. The first-order valence-electron chi connectivity index (χ1n) is 12.1. The number of rotatable bonds is 4. The molecule has 2 aromatic heterocycles. The van der Waals surface area contributed by atoms with Gasteiger partial charge in [0.05, 0.1) is 6.20 Å². The summed E-state index contributed by atoms with van der Waals surface area (Å²) in [4.78, 5) is 22.0. The standard InChI is InChI=1S/C29H29N5O2/c1-21-6-7-23(17-22(21)9-11-26-19-30-28-5-3-4-12-34(26)28)29(36)31-25-10-8-24(27(35)18-25)20-33-15-13-32(2)14-16-33/h3-8,10,12,17-19,35H,13-16,20H2,1-2H3,(H,31,36). The van der Waals surface area contributed by atoms with Gasteiger partial charge in [-0.1, -0.05) is 24.1 Å². The third kappa shape index (κ3) is 5.25. The normalized spacial score (nSPS) is 14.4. The summed E-state index contributed by atoms with van der Waals surface area (Å²) in [6.07, 6.45) is 3.67. The second-order valence-electron chi connectivity index (χ2n) is 9.23. The molecule has 182 valence electrons. The van der Waals surface area contributed by atoms with Crippen molar-refractivity contribution in [2.75, 3.05) is 38.5 Å².